The molecule has 0 bridgehead atoms. The number of hydrogen-bond acceptors (Lipinski definition) is 3. The summed E-state index contributed by atoms with van der Waals surface area (Å²) in [5.74, 6) is -2.89. The summed E-state index contributed by atoms with van der Waals surface area (Å²) in [6, 6.07) is 9.80. The van der Waals surface area contributed by atoms with Crippen LogP contribution in [0.4, 0.5) is 8.78 Å². The Labute approximate surface area is 165 Å². The van der Waals surface area contributed by atoms with Gasteiger partial charge in [-0.05, 0) is 36.8 Å². The topological polar surface area (TPSA) is 35.6 Å². The van der Waals surface area contributed by atoms with Crippen molar-refractivity contribution < 1.29 is 13.6 Å². The molecule has 1 aromatic carbocycles. The van der Waals surface area contributed by atoms with Gasteiger partial charge in [0.15, 0.2) is 0 Å². The third-order valence-electron chi connectivity index (χ3n) is 6.31. The number of amides is 1. The van der Waals surface area contributed by atoms with Crippen molar-refractivity contribution in [2.24, 2.45) is 5.41 Å². The Hall–Kier alpha value is -1.24. The molecule has 7 heteroatoms. The monoisotopic (exact) mass is 399 g/mol. The van der Waals surface area contributed by atoms with Crippen molar-refractivity contribution in [3.05, 3.63) is 35.9 Å². The highest BCUT2D eigenvalue weighted by Gasteiger charge is 2.46. The predicted octanol–water partition coefficient (Wildman–Crippen LogP) is 2.92. The second kappa shape index (κ2) is 8.02. The van der Waals surface area contributed by atoms with E-state index >= 15 is 0 Å². The first-order chi connectivity index (χ1) is 12.4. The maximum Gasteiger partial charge on any atom is 0.262 e. The maximum atomic E-state index is 13.3. The molecule has 150 valence electrons. The summed E-state index contributed by atoms with van der Waals surface area (Å²) in [6.45, 7) is 4.16. The van der Waals surface area contributed by atoms with Crippen LogP contribution < -0.4 is 5.32 Å². The number of alkyl halides is 2. The number of nitrogens with zero attached hydrogens (tertiary/aromatic N) is 2. The van der Waals surface area contributed by atoms with Gasteiger partial charge in [-0.15, -0.1) is 12.4 Å². The Kier molecular flexibility index (Phi) is 6.08. The van der Waals surface area contributed by atoms with Gasteiger partial charge < -0.3 is 4.90 Å². The van der Waals surface area contributed by atoms with Gasteiger partial charge in [-0.25, -0.2) is 8.78 Å². The lowest BCUT2D eigenvalue weighted by Crippen LogP contribution is -2.49. The third kappa shape index (κ3) is 4.61. The highest BCUT2D eigenvalue weighted by atomic mass is 35.5. The quantitative estimate of drug-likeness (QED) is 0.848. The first kappa shape index (κ1) is 20.5. The fraction of sp³-hybridized carbons (Fsp3) is 0.650. The molecule has 3 aliphatic rings. The average molecular weight is 400 g/mol. The first-order valence-electron chi connectivity index (χ1n) is 9.61. The fourth-order valence-electron chi connectivity index (χ4n) is 4.72. The van der Waals surface area contributed by atoms with E-state index in [0.29, 0.717) is 18.5 Å². The van der Waals surface area contributed by atoms with Crippen molar-refractivity contribution in [3.8, 4) is 0 Å². The molecule has 1 N–H and O–H groups in total. The van der Waals surface area contributed by atoms with Crippen LogP contribution >= 0.6 is 12.4 Å². The zero-order valence-corrected chi connectivity index (χ0v) is 16.3. The van der Waals surface area contributed by atoms with E-state index in [0.717, 1.165) is 32.5 Å². The molecule has 0 radical (unpaired) electrons. The number of carbonyl (C=O) groups excluding carboxylic acids is 1. The fourth-order valence-corrected chi connectivity index (χ4v) is 4.72. The molecule has 0 aliphatic carbocycles. The van der Waals surface area contributed by atoms with Crippen LogP contribution in [0.5, 0.6) is 0 Å². The molecule has 1 unspecified atom stereocenters. The number of likely N-dealkylation sites (tertiary alicyclic amines) is 2. The van der Waals surface area contributed by atoms with Crippen LogP contribution in [0, 0.1) is 5.41 Å². The minimum atomic E-state index is -2.75. The lowest BCUT2D eigenvalue weighted by atomic mass is 9.77. The van der Waals surface area contributed by atoms with Crippen LogP contribution in [0.1, 0.15) is 31.2 Å². The standard InChI is InChI=1S/C20H27F2N3O.ClH/c21-20(22)12-17(23-14-20)18(26)25-10-7-19(8-11-25)6-9-24(15-19)13-16-4-2-1-3-5-16;/h1-5,17,23H,6-15H2;1H. The zero-order valence-electron chi connectivity index (χ0n) is 15.5. The molecule has 1 spiro atoms. The molecule has 0 aromatic heterocycles. The molecule has 3 saturated heterocycles. The zero-order chi connectivity index (χ0) is 18.2. The van der Waals surface area contributed by atoms with Crippen molar-refractivity contribution >= 4 is 18.3 Å². The Morgan fingerprint density at radius 1 is 1.11 bits per heavy atom. The van der Waals surface area contributed by atoms with Gasteiger partial charge in [0.1, 0.15) is 0 Å². The number of carbonyl (C=O) groups is 1. The molecule has 3 heterocycles. The summed E-state index contributed by atoms with van der Waals surface area (Å²) in [7, 11) is 0. The van der Waals surface area contributed by atoms with E-state index in [9.17, 15) is 13.6 Å². The van der Waals surface area contributed by atoms with Gasteiger partial charge in [-0.1, -0.05) is 30.3 Å². The normalized spacial score (nSPS) is 26.9. The highest BCUT2D eigenvalue weighted by Crippen LogP contribution is 2.41. The summed E-state index contributed by atoms with van der Waals surface area (Å²) >= 11 is 0. The highest BCUT2D eigenvalue weighted by molar-refractivity contribution is 5.85. The van der Waals surface area contributed by atoms with E-state index in [2.05, 4.69) is 34.5 Å². The minimum absolute atomic E-state index is 0. The molecule has 1 amide bonds. The van der Waals surface area contributed by atoms with Crippen LogP contribution in [-0.2, 0) is 11.3 Å². The molecule has 3 aliphatic heterocycles. The van der Waals surface area contributed by atoms with E-state index in [4.69, 9.17) is 0 Å². The van der Waals surface area contributed by atoms with E-state index < -0.39 is 12.0 Å². The second-order valence-corrected chi connectivity index (χ2v) is 8.27. The number of rotatable bonds is 3. The molecule has 27 heavy (non-hydrogen) atoms. The molecule has 1 aromatic rings. The van der Waals surface area contributed by atoms with E-state index in [1.54, 1.807) is 4.90 Å². The molecular formula is C20H28ClF2N3O. The van der Waals surface area contributed by atoms with Gasteiger partial charge in [-0.2, -0.15) is 0 Å². The predicted molar refractivity (Wildman–Crippen MR) is 103 cm³/mol. The summed E-state index contributed by atoms with van der Waals surface area (Å²) in [4.78, 5) is 16.8. The van der Waals surface area contributed by atoms with Crippen LogP contribution in [0.15, 0.2) is 30.3 Å². The Morgan fingerprint density at radius 3 is 2.41 bits per heavy atom. The smallest absolute Gasteiger partial charge is 0.262 e. The van der Waals surface area contributed by atoms with Gasteiger partial charge in [0, 0.05) is 32.6 Å². The number of hydrogen-bond donors (Lipinski definition) is 1. The van der Waals surface area contributed by atoms with E-state index in [-0.39, 0.29) is 31.3 Å². The van der Waals surface area contributed by atoms with E-state index in [1.807, 2.05) is 6.07 Å². The molecule has 1 atom stereocenters. The molecule has 4 nitrogen and oxygen atoms in total. The van der Waals surface area contributed by atoms with Crippen LogP contribution in [0.3, 0.4) is 0 Å². The third-order valence-corrected chi connectivity index (χ3v) is 6.31. The van der Waals surface area contributed by atoms with Crippen molar-refractivity contribution in [1.82, 2.24) is 15.1 Å². The molecular weight excluding hydrogens is 372 g/mol. The van der Waals surface area contributed by atoms with Crippen LogP contribution in [-0.4, -0.2) is 60.4 Å². The summed E-state index contributed by atoms with van der Waals surface area (Å²) in [5, 5.41) is 2.69. The average Bonchev–Trinajstić information content (AvgIpc) is 3.19. The second-order valence-electron chi connectivity index (χ2n) is 8.27. The Morgan fingerprint density at radius 2 is 1.78 bits per heavy atom. The maximum absolute atomic E-state index is 13.3. The lowest BCUT2D eigenvalue weighted by Gasteiger charge is -2.40. The number of halogens is 3. The van der Waals surface area contributed by atoms with E-state index in [1.165, 1.54) is 12.0 Å². The Bertz CT molecular complexity index is 650. The lowest BCUT2D eigenvalue weighted by molar-refractivity contribution is -0.136. The minimum Gasteiger partial charge on any atom is -0.341 e. The largest absolute Gasteiger partial charge is 0.341 e. The van der Waals surface area contributed by atoms with Gasteiger partial charge in [0.05, 0.1) is 12.6 Å². The van der Waals surface area contributed by atoms with Crippen LogP contribution in [0.2, 0.25) is 0 Å². The first-order valence-corrected chi connectivity index (χ1v) is 9.61. The van der Waals surface area contributed by atoms with Gasteiger partial charge in [0.25, 0.3) is 5.92 Å². The molecule has 4 rings (SSSR count). The number of benzene rings is 1. The van der Waals surface area contributed by atoms with Gasteiger partial charge in [0.2, 0.25) is 5.91 Å². The van der Waals surface area contributed by atoms with Crippen LogP contribution in [0.25, 0.3) is 0 Å². The summed E-state index contributed by atoms with van der Waals surface area (Å²) < 4.78 is 26.7. The van der Waals surface area contributed by atoms with Crippen molar-refractivity contribution in [2.75, 3.05) is 32.7 Å². The van der Waals surface area contributed by atoms with Gasteiger partial charge >= 0.3 is 0 Å². The SMILES string of the molecule is Cl.O=C(C1CC(F)(F)CN1)N1CCC2(CCN(Cc3ccccc3)C2)CC1. The van der Waals surface area contributed by atoms with Crippen molar-refractivity contribution in [1.29, 1.82) is 0 Å². The summed E-state index contributed by atoms with van der Waals surface area (Å²) in [6.07, 6.45) is 2.76. The molecule has 0 saturated carbocycles. The van der Waals surface area contributed by atoms with Crippen molar-refractivity contribution in [3.63, 3.8) is 0 Å². The Balaban J connectivity index is 0.00000210. The van der Waals surface area contributed by atoms with Gasteiger partial charge in [-0.3, -0.25) is 15.0 Å². The van der Waals surface area contributed by atoms with Crippen molar-refractivity contribution in [2.45, 2.75) is 44.2 Å². The summed E-state index contributed by atoms with van der Waals surface area (Å²) in [5.41, 5.74) is 1.63. The molecule has 3 fully saturated rings. The number of nitrogens with one attached hydrogen (secondary N) is 1. The number of piperidine rings is 1.